The summed E-state index contributed by atoms with van der Waals surface area (Å²) in [6.45, 7) is 1.90. The zero-order valence-corrected chi connectivity index (χ0v) is 12.1. The highest BCUT2D eigenvalue weighted by Gasteiger charge is 2.16. The van der Waals surface area contributed by atoms with Crippen LogP contribution >= 0.6 is 0 Å². The minimum atomic E-state index is -0.570. The number of phenols is 1. The summed E-state index contributed by atoms with van der Waals surface area (Å²) in [5.74, 6) is -0.671. The van der Waals surface area contributed by atoms with E-state index < -0.39 is 5.82 Å². The standard InChI is InChI=1S/C17H15FN2O2/c1-2-17(22)20(11-12-4-3-5-16(21)8-12)15-7-13(10-19)6-14(18)9-15/h3-9,21H,2,11H2,1H3. The second-order valence-electron chi connectivity index (χ2n) is 4.81. The van der Waals surface area contributed by atoms with Crippen LogP contribution in [0.15, 0.2) is 42.5 Å². The third-order valence-electron chi connectivity index (χ3n) is 3.18. The van der Waals surface area contributed by atoms with E-state index in [0.717, 1.165) is 6.07 Å². The van der Waals surface area contributed by atoms with Crippen molar-refractivity contribution in [1.29, 1.82) is 5.26 Å². The van der Waals surface area contributed by atoms with Crippen molar-refractivity contribution in [3.8, 4) is 11.8 Å². The number of halogens is 1. The Kier molecular flexibility index (Phi) is 4.74. The molecule has 2 aromatic rings. The maximum Gasteiger partial charge on any atom is 0.227 e. The number of amides is 1. The molecule has 0 radical (unpaired) electrons. The van der Waals surface area contributed by atoms with E-state index in [2.05, 4.69) is 0 Å². The van der Waals surface area contributed by atoms with Crippen LogP contribution in [0.4, 0.5) is 10.1 Å². The summed E-state index contributed by atoms with van der Waals surface area (Å²) >= 11 is 0. The second-order valence-corrected chi connectivity index (χ2v) is 4.81. The molecule has 0 unspecified atom stereocenters. The third-order valence-corrected chi connectivity index (χ3v) is 3.18. The lowest BCUT2D eigenvalue weighted by atomic mass is 10.1. The lowest BCUT2D eigenvalue weighted by molar-refractivity contribution is -0.118. The van der Waals surface area contributed by atoms with Crippen LogP contribution in [0.1, 0.15) is 24.5 Å². The van der Waals surface area contributed by atoms with E-state index >= 15 is 0 Å². The first-order chi connectivity index (χ1) is 10.5. The van der Waals surface area contributed by atoms with Gasteiger partial charge in [-0.2, -0.15) is 5.26 Å². The van der Waals surface area contributed by atoms with Crippen molar-refractivity contribution in [3.63, 3.8) is 0 Å². The molecule has 0 spiro atoms. The summed E-state index contributed by atoms with van der Waals surface area (Å²) in [5, 5.41) is 18.4. The van der Waals surface area contributed by atoms with Crippen molar-refractivity contribution in [2.75, 3.05) is 4.90 Å². The molecule has 112 valence electrons. The SMILES string of the molecule is CCC(=O)N(Cc1cccc(O)c1)c1cc(F)cc(C#N)c1. The number of nitriles is 1. The Bertz CT molecular complexity index is 738. The van der Waals surface area contributed by atoms with Gasteiger partial charge >= 0.3 is 0 Å². The highest BCUT2D eigenvalue weighted by molar-refractivity contribution is 5.93. The number of rotatable bonds is 4. The van der Waals surface area contributed by atoms with E-state index in [-0.39, 0.29) is 30.2 Å². The maximum atomic E-state index is 13.6. The highest BCUT2D eigenvalue weighted by atomic mass is 19.1. The molecule has 0 aliphatic heterocycles. The van der Waals surface area contributed by atoms with E-state index in [0.29, 0.717) is 11.3 Å². The van der Waals surface area contributed by atoms with Crippen molar-refractivity contribution >= 4 is 11.6 Å². The first-order valence-corrected chi connectivity index (χ1v) is 6.82. The van der Waals surface area contributed by atoms with Crippen LogP contribution in [0.3, 0.4) is 0 Å². The van der Waals surface area contributed by atoms with Gasteiger partial charge in [-0.15, -0.1) is 0 Å². The third kappa shape index (κ3) is 3.61. The molecule has 1 amide bonds. The Morgan fingerprint density at radius 3 is 2.73 bits per heavy atom. The molecule has 0 aliphatic rings. The monoisotopic (exact) mass is 298 g/mol. The van der Waals surface area contributed by atoms with E-state index in [4.69, 9.17) is 5.26 Å². The summed E-state index contributed by atoms with van der Waals surface area (Å²) in [6, 6.07) is 12.2. The lowest BCUT2D eigenvalue weighted by Crippen LogP contribution is -2.29. The fourth-order valence-corrected chi connectivity index (χ4v) is 2.15. The van der Waals surface area contributed by atoms with Gasteiger partial charge in [-0.1, -0.05) is 19.1 Å². The first kappa shape index (κ1) is 15.5. The lowest BCUT2D eigenvalue weighted by Gasteiger charge is -2.23. The zero-order valence-electron chi connectivity index (χ0n) is 12.1. The maximum absolute atomic E-state index is 13.6. The molecule has 2 aromatic carbocycles. The molecule has 1 N–H and O–H groups in total. The average molecular weight is 298 g/mol. The Morgan fingerprint density at radius 1 is 1.32 bits per heavy atom. The quantitative estimate of drug-likeness (QED) is 0.941. The van der Waals surface area contributed by atoms with Crippen molar-refractivity contribution in [1.82, 2.24) is 0 Å². The van der Waals surface area contributed by atoms with Gasteiger partial charge in [-0.05, 0) is 35.9 Å². The van der Waals surface area contributed by atoms with Gasteiger partial charge in [0.15, 0.2) is 0 Å². The molecule has 0 saturated carbocycles. The summed E-state index contributed by atoms with van der Waals surface area (Å²) in [7, 11) is 0. The van der Waals surface area contributed by atoms with Crippen molar-refractivity contribution in [2.45, 2.75) is 19.9 Å². The Morgan fingerprint density at radius 2 is 2.09 bits per heavy atom. The minimum Gasteiger partial charge on any atom is -0.508 e. The number of aromatic hydroxyl groups is 1. The van der Waals surface area contributed by atoms with Crippen molar-refractivity contribution < 1.29 is 14.3 Å². The van der Waals surface area contributed by atoms with Gasteiger partial charge in [0.05, 0.1) is 18.2 Å². The van der Waals surface area contributed by atoms with Crippen LogP contribution in [-0.4, -0.2) is 11.0 Å². The van der Waals surface area contributed by atoms with Gasteiger partial charge in [0, 0.05) is 12.1 Å². The molecule has 0 aliphatic carbocycles. The number of carbonyl (C=O) groups is 1. The average Bonchev–Trinajstić information content (AvgIpc) is 2.51. The fraction of sp³-hybridized carbons (Fsp3) is 0.176. The summed E-state index contributed by atoms with van der Waals surface area (Å²) in [4.78, 5) is 13.6. The van der Waals surface area contributed by atoms with Crippen LogP contribution in [0.2, 0.25) is 0 Å². The second kappa shape index (κ2) is 6.72. The predicted molar refractivity (Wildman–Crippen MR) is 80.7 cm³/mol. The Balaban J connectivity index is 2.41. The van der Waals surface area contributed by atoms with Crippen LogP contribution in [0.5, 0.6) is 5.75 Å². The molecule has 2 rings (SSSR count). The summed E-state index contributed by atoms with van der Waals surface area (Å²) in [5.41, 5.74) is 1.19. The van der Waals surface area contributed by atoms with E-state index in [1.165, 1.54) is 23.1 Å². The molecule has 0 atom stereocenters. The fourth-order valence-electron chi connectivity index (χ4n) is 2.15. The van der Waals surface area contributed by atoms with Gasteiger partial charge in [0.25, 0.3) is 0 Å². The predicted octanol–water partition coefficient (Wildman–Crippen LogP) is 3.35. The number of carbonyl (C=O) groups excluding carboxylic acids is 1. The van der Waals surface area contributed by atoms with Gasteiger partial charge in [-0.3, -0.25) is 4.79 Å². The zero-order chi connectivity index (χ0) is 16.1. The van der Waals surface area contributed by atoms with Crippen molar-refractivity contribution in [2.24, 2.45) is 0 Å². The smallest absolute Gasteiger partial charge is 0.227 e. The first-order valence-electron chi connectivity index (χ1n) is 6.82. The molecule has 0 bridgehead atoms. The summed E-state index contributed by atoms with van der Waals surface area (Å²) < 4.78 is 13.6. The molecule has 5 heteroatoms. The van der Waals surface area contributed by atoms with Crippen LogP contribution < -0.4 is 4.90 Å². The number of nitrogens with zero attached hydrogens (tertiary/aromatic N) is 2. The molecule has 4 nitrogen and oxygen atoms in total. The number of anilines is 1. The van der Waals surface area contributed by atoms with Crippen LogP contribution in [-0.2, 0) is 11.3 Å². The topological polar surface area (TPSA) is 64.3 Å². The molecule has 0 aromatic heterocycles. The number of benzene rings is 2. The molecule has 0 heterocycles. The van der Waals surface area contributed by atoms with Gasteiger partial charge < -0.3 is 10.0 Å². The number of hydrogen-bond acceptors (Lipinski definition) is 3. The highest BCUT2D eigenvalue weighted by Crippen LogP contribution is 2.23. The molecular weight excluding hydrogens is 283 g/mol. The van der Waals surface area contributed by atoms with E-state index in [9.17, 15) is 14.3 Å². The molecule has 22 heavy (non-hydrogen) atoms. The Hall–Kier alpha value is -2.87. The summed E-state index contributed by atoms with van der Waals surface area (Å²) in [6.07, 6.45) is 0.247. The number of phenolic OH excluding ortho intramolecular Hbond substituents is 1. The largest absolute Gasteiger partial charge is 0.508 e. The van der Waals surface area contributed by atoms with E-state index in [1.54, 1.807) is 25.1 Å². The minimum absolute atomic E-state index is 0.0957. The van der Waals surface area contributed by atoms with Gasteiger partial charge in [0.2, 0.25) is 5.91 Å². The van der Waals surface area contributed by atoms with Crippen LogP contribution in [0, 0.1) is 17.1 Å². The van der Waals surface area contributed by atoms with Gasteiger partial charge in [0.1, 0.15) is 11.6 Å². The van der Waals surface area contributed by atoms with Gasteiger partial charge in [-0.25, -0.2) is 4.39 Å². The molecule has 0 fully saturated rings. The van der Waals surface area contributed by atoms with E-state index in [1.807, 2.05) is 6.07 Å². The molecular formula is C17H15FN2O2. The van der Waals surface area contributed by atoms with Crippen molar-refractivity contribution in [3.05, 3.63) is 59.4 Å². The number of hydrogen-bond donors (Lipinski definition) is 1. The Labute approximate surface area is 128 Å². The molecule has 0 saturated heterocycles. The normalized spacial score (nSPS) is 10.0. The van der Waals surface area contributed by atoms with Crippen LogP contribution in [0.25, 0.3) is 0 Å².